The number of halogens is 1. The summed E-state index contributed by atoms with van der Waals surface area (Å²) in [5, 5.41) is 0. The van der Waals surface area contributed by atoms with Crippen LogP contribution >= 0.6 is 0 Å². The number of unbranched alkanes of at least 4 members (excludes halogenated alkanes) is 4. The van der Waals surface area contributed by atoms with Crippen molar-refractivity contribution in [3.63, 3.8) is 0 Å². The van der Waals surface area contributed by atoms with Gasteiger partial charge in [0.05, 0.1) is 13.3 Å². The van der Waals surface area contributed by atoms with E-state index in [1.807, 2.05) is 19.1 Å². The molecule has 3 nitrogen and oxygen atoms in total. The Labute approximate surface area is 151 Å². The summed E-state index contributed by atoms with van der Waals surface area (Å²) in [5.74, 6) is 1.60. The minimum absolute atomic E-state index is 0.356. The summed E-state index contributed by atoms with van der Waals surface area (Å²) >= 11 is 0. The quantitative estimate of drug-likeness (QED) is 0.466. The van der Waals surface area contributed by atoms with Gasteiger partial charge < -0.3 is 9.47 Å². The molecule has 1 atom stereocenters. The monoisotopic (exact) mass is 349 g/mol. The first kappa shape index (κ1) is 19.7. The summed E-state index contributed by atoms with van der Waals surface area (Å²) in [6.07, 6.45) is 8.35. The number of alkyl halides is 1. The second-order valence-corrected chi connectivity index (χ2v) is 6.99. The van der Waals surface area contributed by atoms with Crippen molar-refractivity contribution in [1.82, 2.24) is 0 Å². The molecule has 4 heteroatoms. The van der Waals surface area contributed by atoms with Crippen LogP contribution in [0.3, 0.4) is 0 Å². The normalized spacial score (nSPS) is 19.6. The second-order valence-electron chi connectivity index (χ2n) is 6.99. The van der Waals surface area contributed by atoms with Crippen molar-refractivity contribution in [2.75, 3.05) is 19.9 Å². The Morgan fingerprint density at radius 2 is 1.88 bits per heavy atom. The fourth-order valence-corrected chi connectivity index (χ4v) is 3.22. The molecule has 1 aromatic carbocycles. The molecule has 0 bridgehead atoms. The standard InChI is InChI=1S/C21H32FNO2/c1-3-4-5-6-7-16-24-20-10-8-19(9-11-20)12-13-21(14-15-22)17-25-18(2)23-21/h8-11H,3-7,12-17H2,1-2H3. The highest BCUT2D eigenvalue weighted by Gasteiger charge is 2.34. The van der Waals surface area contributed by atoms with Crippen molar-refractivity contribution in [3.05, 3.63) is 29.8 Å². The van der Waals surface area contributed by atoms with Crippen LogP contribution in [0, 0.1) is 0 Å². The molecule has 0 saturated carbocycles. The fourth-order valence-electron chi connectivity index (χ4n) is 3.22. The lowest BCUT2D eigenvalue weighted by molar-refractivity contribution is 0.219. The number of benzene rings is 1. The van der Waals surface area contributed by atoms with E-state index in [1.165, 1.54) is 31.2 Å². The average molecular weight is 349 g/mol. The highest BCUT2D eigenvalue weighted by atomic mass is 19.1. The molecule has 140 valence electrons. The van der Waals surface area contributed by atoms with Gasteiger partial charge in [0.2, 0.25) is 0 Å². The zero-order chi connectivity index (χ0) is 18.0. The summed E-state index contributed by atoms with van der Waals surface area (Å²) in [7, 11) is 0. The molecule has 1 heterocycles. The van der Waals surface area contributed by atoms with E-state index in [-0.39, 0.29) is 12.2 Å². The molecule has 25 heavy (non-hydrogen) atoms. The Hall–Kier alpha value is -1.58. The summed E-state index contributed by atoms with van der Waals surface area (Å²) in [4.78, 5) is 4.54. The first-order chi connectivity index (χ1) is 12.2. The van der Waals surface area contributed by atoms with Crippen LogP contribution in [0.5, 0.6) is 5.75 Å². The van der Waals surface area contributed by atoms with Gasteiger partial charge >= 0.3 is 0 Å². The first-order valence-electron chi connectivity index (χ1n) is 9.64. The smallest absolute Gasteiger partial charge is 0.180 e. The van der Waals surface area contributed by atoms with E-state index in [9.17, 15) is 4.39 Å². The zero-order valence-corrected chi connectivity index (χ0v) is 15.7. The predicted octanol–water partition coefficient (Wildman–Crippen LogP) is 5.52. The molecule has 1 aromatic rings. The summed E-state index contributed by atoms with van der Waals surface area (Å²) < 4.78 is 24.1. The highest BCUT2D eigenvalue weighted by molar-refractivity contribution is 5.75. The van der Waals surface area contributed by atoms with Gasteiger partial charge in [-0.3, -0.25) is 4.39 Å². The van der Waals surface area contributed by atoms with Crippen LogP contribution < -0.4 is 4.74 Å². The van der Waals surface area contributed by atoms with Gasteiger partial charge in [-0.1, -0.05) is 44.7 Å². The van der Waals surface area contributed by atoms with E-state index in [4.69, 9.17) is 9.47 Å². The number of hydrogen-bond donors (Lipinski definition) is 0. The largest absolute Gasteiger partial charge is 0.494 e. The van der Waals surface area contributed by atoms with Crippen LogP contribution in [0.2, 0.25) is 0 Å². The third-order valence-corrected chi connectivity index (χ3v) is 4.82. The molecule has 1 aliphatic heterocycles. The Morgan fingerprint density at radius 1 is 1.12 bits per heavy atom. The van der Waals surface area contributed by atoms with Gasteiger partial charge in [0, 0.05) is 13.3 Å². The van der Waals surface area contributed by atoms with Gasteiger partial charge in [0.1, 0.15) is 17.9 Å². The number of aliphatic imine (C=N–C) groups is 1. The minimum Gasteiger partial charge on any atom is -0.494 e. The SMILES string of the molecule is CCCCCCCOc1ccc(CCC2(CCF)COC(C)=N2)cc1. The molecule has 0 N–H and O–H groups in total. The number of rotatable bonds is 12. The lowest BCUT2D eigenvalue weighted by Gasteiger charge is -2.22. The first-order valence-corrected chi connectivity index (χ1v) is 9.64. The molecule has 0 fully saturated rings. The van der Waals surface area contributed by atoms with Crippen LogP contribution in [-0.4, -0.2) is 31.3 Å². The number of ether oxygens (including phenoxy) is 2. The maximum Gasteiger partial charge on any atom is 0.180 e. The molecule has 0 radical (unpaired) electrons. The van der Waals surface area contributed by atoms with Crippen molar-refractivity contribution < 1.29 is 13.9 Å². The van der Waals surface area contributed by atoms with Gasteiger partial charge in [0.25, 0.3) is 0 Å². The number of hydrogen-bond acceptors (Lipinski definition) is 3. The van der Waals surface area contributed by atoms with E-state index in [2.05, 4.69) is 24.0 Å². The maximum atomic E-state index is 12.9. The third kappa shape index (κ3) is 6.68. The number of nitrogens with zero attached hydrogens (tertiary/aromatic N) is 1. The summed E-state index contributed by atoms with van der Waals surface area (Å²) in [6.45, 7) is 5.00. The Balaban J connectivity index is 1.74. The molecule has 0 aliphatic carbocycles. The molecule has 0 saturated heterocycles. The maximum absolute atomic E-state index is 12.9. The topological polar surface area (TPSA) is 30.8 Å². The lowest BCUT2D eigenvalue weighted by atomic mass is 9.90. The van der Waals surface area contributed by atoms with E-state index < -0.39 is 0 Å². The molecule has 2 rings (SSSR count). The van der Waals surface area contributed by atoms with Crippen molar-refractivity contribution >= 4 is 5.90 Å². The minimum atomic E-state index is -0.382. The van der Waals surface area contributed by atoms with Gasteiger partial charge in [-0.15, -0.1) is 0 Å². The van der Waals surface area contributed by atoms with E-state index in [0.29, 0.717) is 18.9 Å². The Bertz CT molecular complexity index is 529. The van der Waals surface area contributed by atoms with Crippen LogP contribution in [-0.2, 0) is 11.2 Å². The summed E-state index contributed by atoms with van der Waals surface area (Å²) in [5.41, 5.74) is 0.847. The zero-order valence-electron chi connectivity index (χ0n) is 15.7. The predicted molar refractivity (Wildman–Crippen MR) is 101 cm³/mol. The highest BCUT2D eigenvalue weighted by Crippen LogP contribution is 2.29. The van der Waals surface area contributed by atoms with Gasteiger partial charge in [-0.25, -0.2) is 4.99 Å². The van der Waals surface area contributed by atoms with E-state index >= 15 is 0 Å². The Kier molecular flexibility index (Phi) is 8.23. The second kappa shape index (κ2) is 10.4. The van der Waals surface area contributed by atoms with Crippen molar-refractivity contribution in [2.24, 2.45) is 4.99 Å². The van der Waals surface area contributed by atoms with Crippen molar-refractivity contribution in [2.45, 2.75) is 70.8 Å². The van der Waals surface area contributed by atoms with Crippen molar-refractivity contribution in [3.8, 4) is 5.75 Å². The Morgan fingerprint density at radius 3 is 2.52 bits per heavy atom. The molecule has 1 aliphatic rings. The number of aryl methyl sites for hydroxylation is 1. The van der Waals surface area contributed by atoms with Gasteiger partial charge in [-0.05, 0) is 37.0 Å². The van der Waals surface area contributed by atoms with E-state index in [0.717, 1.165) is 31.6 Å². The van der Waals surface area contributed by atoms with Crippen LogP contribution in [0.25, 0.3) is 0 Å². The molecular formula is C21H32FNO2. The average Bonchev–Trinajstić information content (AvgIpc) is 2.99. The van der Waals surface area contributed by atoms with Crippen molar-refractivity contribution in [1.29, 1.82) is 0 Å². The van der Waals surface area contributed by atoms with Gasteiger partial charge in [0.15, 0.2) is 5.90 Å². The molecule has 0 spiro atoms. The van der Waals surface area contributed by atoms with Gasteiger partial charge in [-0.2, -0.15) is 0 Å². The van der Waals surface area contributed by atoms with Crippen LogP contribution in [0.4, 0.5) is 4.39 Å². The molecular weight excluding hydrogens is 317 g/mol. The third-order valence-electron chi connectivity index (χ3n) is 4.82. The molecule has 0 amide bonds. The van der Waals surface area contributed by atoms with Crippen LogP contribution in [0.15, 0.2) is 29.3 Å². The van der Waals surface area contributed by atoms with E-state index in [1.54, 1.807) is 0 Å². The lowest BCUT2D eigenvalue weighted by Crippen LogP contribution is -2.29. The molecule has 0 aromatic heterocycles. The molecule has 1 unspecified atom stereocenters. The fraction of sp³-hybridized carbons (Fsp3) is 0.667. The summed E-state index contributed by atoms with van der Waals surface area (Å²) in [6, 6.07) is 8.26. The van der Waals surface area contributed by atoms with Crippen LogP contribution in [0.1, 0.15) is 64.4 Å².